The second kappa shape index (κ2) is 16.3. The highest BCUT2D eigenvalue weighted by Gasteiger charge is 2.34. The van der Waals surface area contributed by atoms with Crippen LogP contribution in [0.4, 0.5) is 0 Å². The molecule has 0 unspecified atom stereocenters. The van der Waals surface area contributed by atoms with Crippen molar-refractivity contribution in [3.63, 3.8) is 0 Å². The summed E-state index contributed by atoms with van der Waals surface area (Å²) in [6.07, 6.45) is 6.26. The Kier molecular flexibility index (Phi) is 11.1. The number of fused-ring (bicyclic) bond motifs is 2. The number of amides is 1. The van der Waals surface area contributed by atoms with Gasteiger partial charge < -0.3 is 19.5 Å². The van der Waals surface area contributed by atoms with Crippen LogP contribution in [0.3, 0.4) is 0 Å². The maximum atomic E-state index is 11.4. The van der Waals surface area contributed by atoms with E-state index in [1.807, 2.05) is 6.92 Å². The van der Waals surface area contributed by atoms with E-state index in [0.717, 1.165) is 113 Å². The number of benzene rings is 2. The summed E-state index contributed by atoms with van der Waals surface area (Å²) in [4.78, 5) is 23.1. The smallest absolute Gasteiger partial charge is 0.279 e. The Balaban J connectivity index is 0.000000165. The SMILES string of the molecule is CCn1nc(-c2nc(-c3ccc(C(N)=O)cc3C)no2)c2c1CC(C)(C)CC2.CCn1nc(-c2nc(-c3ccc(CN4CCOCC4)cc3)no2)c2c1CC(C)(C)CC2. The van der Waals surface area contributed by atoms with Crippen molar-refractivity contribution in [1.29, 1.82) is 0 Å². The Bertz CT molecular complexity index is 2450. The van der Waals surface area contributed by atoms with Crippen LogP contribution in [0, 0.1) is 17.8 Å². The van der Waals surface area contributed by atoms with Gasteiger partial charge in [0.1, 0.15) is 0 Å². The van der Waals surface area contributed by atoms with Gasteiger partial charge in [0.2, 0.25) is 17.6 Å². The van der Waals surface area contributed by atoms with Gasteiger partial charge in [-0.25, -0.2) is 0 Å². The summed E-state index contributed by atoms with van der Waals surface area (Å²) >= 11 is 0. The lowest BCUT2D eigenvalue weighted by molar-refractivity contribution is 0.0342. The number of primary amides is 1. The molecular formula is C45H56N10O4. The molecule has 1 amide bonds. The van der Waals surface area contributed by atoms with E-state index in [1.54, 1.807) is 18.2 Å². The minimum Gasteiger partial charge on any atom is -0.379 e. The van der Waals surface area contributed by atoms with Gasteiger partial charge in [-0.15, -0.1) is 0 Å². The number of nitrogens with two attached hydrogens (primary N) is 1. The van der Waals surface area contributed by atoms with Gasteiger partial charge >= 0.3 is 0 Å². The molecule has 1 fully saturated rings. The van der Waals surface area contributed by atoms with Gasteiger partial charge in [-0.1, -0.05) is 68.3 Å². The van der Waals surface area contributed by atoms with Crippen molar-refractivity contribution in [3.05, 3.63) is 81.7 Å². The van der Waals surface area contributed by atoms with E-state index in [0.29, 0.717) is 34.4 Å². The second-order valence-corrected chi connectivity index (χ2v) is 17.7. The molecule has 2 N–H and O–H groups in total. The standard InChI is InChI=1S/C24H31N5O2.C21H25N5O2/c1-4-29-20-15-24(2,3)10-9-19(20)21(26-29)23-25-22(27-31-23)18-7-5-17(6-8-18)16-28-11-13-30-14-12-28;1-5-26-16-11-21(3,4)9-8-15(16)17(24-26)20-23-19(25-28-20)14-7-6-13(18(22)27)10-12(14)2/h5-8H,4,9-16H2,1-3H3;6-7,10H,5,8-9,11H2,1-4H3,(H2,22,27). The third kappa shape index (κ3) is 8.51. The fourth-order valence-corrected chi connectivity index (χ4v) is 8.58. The molecule has 5 heterocycles. The number of rotatable bonds is 9. The monoisotopic (exact) mass is 800 g/mol. The van der Waals surface area contributed by atoms with E-state index in [1.165, 1.54) is 28.1 Å². The molecule has 0 saturated carbocycles. The molecule has 59 heavy (non-hydrogen) atoms. The topological polar surface area (TPSA) is 169 Å². The Morgan fingerprint density at radius 1 is 0.763 bits per heavy atom. The summed E-state index contributed by atoms with van der Waals surface area (Å²) in [5, 5.41) is 18.0. The van der Waals surface area contributed by atoms with Crippen LogP contribution in [0.5, 0.6) is 0 Å². The van der Waals surface area contributed by atoms with Crippen LogP contribution in [0.2, 0.25) is 0 Å². The van der Waals surface area contributed by atoms with Gasteiger partial charge in [-0.3, -0.25) is 19.1 Å². The molecule has 6 aromatic rings. The summed E-state index contributed by atoms with van der Waals surface area (Å²) in [6, 6.07) is 13.7. The van der Waals surface area contributed by atoms with Crippen LogP contribution in [0.15, 0.2) is 51.5 Å². The summed E-state index contributed by atoms with van der Waals surface area (Å²) in [7, 11) is 0. The predicted molar refractivity (Wildman–Crippen MR) is 224 cm³/mol. The van der Waals surface area contributed by atoms with Crippen molar-refractivity contribution < 1.29 is 18.6 Å². The largest absolute Gasteiger partial charge is 0.379 e. The first-order chi connectivity index (χ1) is 28.3. The third-order valence-corrected chi connectivity index (χ3v) is 12.1. The van der Waals surface area contributed by atoms with Crippen molar-refractivity contribution in [3.8, 4) is 45.9 Å². The maximum Gasteiger partial charge on any atom is 0.279 e. The first-order valence-corrected chi connectivity index (χ1v) is 21.0. The van der Waals surface area contributed by atoms with Gasteiger partial charge in [0.05, 0.1) is 13.2 Å². The highest BCUT2D eigenvalue weighted by Crippen LogP contribution is 2.40. The molecule has 9 rings (SSSR count). The Hall–Kier alpha value is -5.47. The molecule has 14 nitrogen and oxygen atoms in total. The van der Waals surface area contributed by atoms with Crippen LogP contribution < -0.4 is 5.73 Å². The lowest BCUT2D eigenvalue weighted by Gasteiger charge is -2.30. The highest BCUT2D eigenvalue weighted by molar-refractivity contribution is 5.93. The van der Waals surface area contributed by atoms with Gasteiger partial charge in [0.15, 0.2) is 11.4 Å². The minimum absolute atomic E-state index is 0.274. The molecule has 0 atom stereocenters. The predicted octanol–water partition coefficient (Wildman–Crippen LogP) is 7.51. The number of hydrogen-bond donors (Lipinski definition) is 1. The number of carbonyl (C=O) groups excluding carboxylic acids is 1. The van der Waals surface area contributed by atoms with E-state index >= 15 is 0 Å². The molecule has 2 aromatic carbocycles. The number of ether oxygens (including phenoxy) is 1. The number of aryl methyl sites for hydroxylation is 3. The van der Waals surface area contributed by atoms with E-state index < -0.39 is 5.91 Å². The van der Waals surface area contributed by atoms with Gasteiger partial charge in [0, 0.05) is 71.9 Å². The lowest BCUT2D eigenvalue weighted by atomic mass is 9.76. The molecule has 4 aromatic heterocycles. The van der Waals surface area contributed by atoms with Gasteiger partial charge in [-0.2, -0.15) is 20.2 Å². The minimum atomic E-state index is -0.455. The zero-order valence-corrected chi connectivity index (χ0v) is 35.5. The lowest BCUT2D eigenvalue weighted by Crippen LogP contribution is -2.35. The molecule has 3 aliphatic rings. The van der Waals surface area contributed by atoms with E-state index in [-0.39, 0.29) is 5.41 Å². The average Bonchev–Trinajstić information content (AvgIpc) is 4.03. The Morgan fingerprint density at radius 2 is 1.31 bits per heavy atom. The fraction of sp³-hybridized carbons (Fsp3) is 0.489. The third-order valence-electron chi connectivity index (χ3n) is 12.1. The molecule has 0 radical (unpaired) electrons. The van der Waals surface area contributed by atoms with Crippen molar-refractivity contribution in [2.45, 2.75) is 107 Å². The second-order valence-electron chi connectivity index (χ2n) is 17.7. The number of carbonyl (C=O) groups is 1. The number of nitrogens with zero attached hydrogens (tertiary/aromatic N) is 9. The molecule has 14 heteroatoms. The first-order valence-electron chi connectivity index (χ1n) is 21.0. The maximum absolute atomic E-state index is 11.4. The first kappa shape index (κ1) is 40.3. The molecule has 310 valence electrons. The van der Waals surface area contributed by atoms with Crippen LogP contribution in [-0.2, 0) is 50.1 Å². The van der Waals surface area contributed by atoms with Crippen molar-refractivity contribution in [1.82, 2.24) is 44.7 Å². The Labute approximate surface area is 345 Å². The molecular weight excluding hydrogens is 745 g/mol. The number of aromatic nitrogens is 8. The number of hydrogen-bond acceptors (Lipinski definition) is 11. The van der Waals surface area contributed by atoms with Gasteiger partial charge in [0.25, 0.3) is 11.8 Å². The average molecular weight is 801 g/mol. The quantitative estimate of drug-likeness (QED) is 0.154. The Morgan fingerprint density at radius 3 is 1.83 bits per heavy atom. The van der Waals surface area contributed by atoms with Crippen LogP contribution in [-0.4, -0.2) is 77.0 Å². The van der Waals surface area contributed by atoms with Crippen molar-refractivity contribution >= 4 is 5.91 Å². The zero-order chi connectivity index (χ0) is 41.5. The van der Waals surface area contributed by atoms with E-state index in [2.05, 4.69) is 95.4 Å². The highest BCUT2D eigenvalue weighted by atomic mass is 16.5. The van der Waals surface area contributed by atoms with Gasteiger partial charge in [-0.05, 0) is 93.4 Å². The molecule has 2 aliphatic carbocycles. The fourth-order valence-electron chi connectivity index (χ4n) is 8.58. The molecule has 1 saturated heterocycles. The van der Waals surface area contributed by atoms with Crippen LogP contribution >= 0.6 is 0 Å². The molecule has 0 bridgehead atoms. The summed E-state index contributed by atoms with van der Waals surface area (Å²) in [6.45, 7) is 21.6. The van der Waals surface area contributed by atoms with Crippen LogP contribution in [0.1, 0.15) is 98.4 Å². The summed E-state index contributed by atoms with van der Waals surface area (Å²) in [5.74, 6) is 1.61. The molecule has 1 aliphatic heterocycles. The normalized spacial score (nSPS) is 17.2. The van der Waals surface area contributed by atoms with E-state index in [4.69, 9.17) is 34.7 Å². The summed E-state index contributed by atoms with van der Waals surface area (Å²) in [5.41, 5.74) is 17.1. The molecule has 0 spiro atoms. The van der Waals surface area contributed by atoms with Crippen molar-refractivity contribution in [2.24, 2.45) is 16.6 Å². The van der Waals surface area contributed by atoms with Crippen LogP contribution in [0.25, 0.3) is 45.9 Å². The number of morpholine rings is 1. The van der Waals surface area contributed by atoms with E-state index in [9.17, 15) is 4.79 Å². The summed E-state index contributed by atoms with van der Waals surface area (Å²) < 4.78 is 20.9. The zero-order valence-electron chi connectivity index (χ0n) is 35.5. The van der Waals surface area contributed by atoms with Crippen molar-refractivity contribution in [2.75, 3.05) is 26.3 Å².